The first-order valence-electron chi connectivity index (χ1n) is 10.00. The van der Waals surface area contributed by atoms with Crippen LogP contribution >= 0.6 is 11.8 Å². The van der Waals surface area contributed by atoms with Gasteiger partial charge in [-0.05, 0) is 54.1 Å². The molecule has 0 saturated carbocycles. The van der Waals surface area contributed by atoms with Gasteiger partial charge in [0.25, 0.3) is 5.91 Å². The van der Waals surface area contributed by atoms with E-state index in [9.17, 15) is 9.59 Å². The van der Waals surface area contributed by atoms with Gasteiger partial charge in [-0.2, -0.15) is 5.10 Å². The van der Waals surface area contributed by atoms with Crippen LogP contribution in [0.1, 0.15) is 27.7 Å². The van der Waals surface area contributed by atoms with Gasteiger partial charge in [-0.15, -0.1) is 16.9 Å². The minimum absolute atomic E-state index is 0.0574. The van der Waals surface area contributed by atoms with E-state index in [4.69, 9.17) is 4.74 Å². The Balaban J connectivity index is 1.33. The molecule has 2 aromatic carbocycles. The number of nitrogens with zero attached hydrogens (tertiary/aromatic N) is 2. The highest BCUT2D eigenvalue weighted by Crippen LogP contribution is 2.33. The van der Waals surface area contributed by atoms with Crippen LogP contribution in [0.25, 0.3) is 0 Å². The lowest BCUT2D eigenvalue weighted by molar-refractivity contribution is -0.121. The molecule has 2 atom stereocenters. The topological polar surface area (TPSA) is 93.2 Å². The number of carbonyl (C=O) groups excluding carboxylic acids is 2. The van der Waals surface area contributed by atoms with Gasteiger partial charge in [0.2, 0.25) is 5.91 Å². The van der Waals surface area contributed by atoms with E-state index in [2.05, 4.69) is 20.8 Å². The van der Waals surface area contributed by atoms with Crippen LogP contribution in [0, 0.1) is 0 Å². The number of hydrogen-bond acceptors (Lipinski definition) is 6. The van der Waals surface area contributed by atoms with Crippen LogP contribution in [0.4, 0.5) is 0 Å². The van der Waals surface area contributed by atoms with E-state index in [0.717, 1.165) is 29.2 Å². The molecule has 1 aliphatic heterocycles. The first kappa shape index (κ1) is 20.9. The highest BCUT2D eigenvalue weighted by Gasteiger charge is 2.27. The van der Waals surface area contributed by atoms with Crippen molar-refractivity contribution in [2.24, 2.45) is 0 Å². The van der Waals surface area contributed by atoms with Gasteiger partial charge in [0.15, 0.2) is 5.69 Å². The summed E-state index contributed by atoms with van der Waals surface area (Å²) in [6.07, 6.45) is 2.28. The number of benzene rings is 2. The van der Waals surface area contributed by atoms with Crippen LogP contribution in [-0.4, -0.2) is 40.4 Å². The summed E-state index contributed by atoms with van der Waals surface area (Å²) in [5.41, 5.74) is 1.18. The number of nitrogens with one attached hydrogen (secondary N) is 2. The third-order valence-electron chi connectivity index (χ3n) is 4.81. The van der Waals surface area contributed by atoms with Crippen LogP contribution in [-0.2, 0) is 4.79 Å². The molecule has 0 unspecified atom stereocenters. The van der Waals surface area contributed by atoms with Crippen LogP contribution in [0.5, 0.6) is 11.5 Å². The first-order chi connectivity index (χ1) is 15.2. The number of amides is 2. The lowest BCUT2D eigenvalue weighted by Gasteiger charge is -2.18. The van der Waals surface area contributed by atoms with Crippen molar-refractivity contribution in [2.45, 2.75) is 17.7 Å². The number of aromatic nitrogens is 2. The molecular weight excluding hydrogens is 412 g/mol. The van der Waals surface area contributed by atoms with Gasteiger partial charge in [-0.25, -0.2) is 0 Å². The van der Waals surface area contributed by atoms with Gasteiger partial charge in [-0.3, -0.25) is 9.59 Å². The second-order valence-corrected chi connectivity index (χ2v) is 8.26. The maximum absolute atomic E-state index is 12.8. The molecule has 0 spiro atoms. The molecule has 8 heteroatoms. The zero-order valence-electron chi connectivity index (χ0n) is 16.7. The predicted molar refractivity (Wildman–Crippen MR) is 119 cm³/mol. The molecule has 2 heterocycles. The van der Waals surface area contributed by atoms with E-state index in [1.165, 1.54) is 6.20 Å². The second-order valence-electron chi connectivity index (χ2n) is 7.05. The minimum Gasteiger partial charge on any atom is -0.457 e. The third kappa shape index (κ3) is 5.61. The summed E-state index contributed by atoms with van der Waals surface area (Å²) >= 11 is 1.60. The third-order valence-corrected chi connectivity index (χ3v) is 6.10. The SMILES string of the molecule is O=C(NC[C@@H]1CCS[C@H](c2ccc(Oc3ccccc3)cc2)C(=O)N1)c1cccnn1. The van der Waals surface area contributed by atoms with E-state index in [1.54, 1.807) is 23.9 Å². The molecule has 0 radical (unpaired) electrons. The average Bonchev–Trinajstić information content (AvgIpc) is 3.00. The van der Waals surface area contributed by atoms with Crippen LogP contribution in [0.3, 0.4) is 0 Å². The van der Waals surface area contributed by atoms with Crippen molar-refractivity contribution in [2.75, 3.05) is 12.3 Å². The Labute approximate surface area is 184 Å². The zero-order valence-corrected chi connectivity index (χ0v) is 17.5. The van der Waals surface area contributed by atoms with E-state index in [0.29, 0.717) is 6.54 Å². The van der Waals surface area contributed by atoms with Crippen molar-refractivity contribution in [1.82, 2.24) is 20.8 Å². The summed E-state index contributed by atoms with van der Waals surface area (Å²) in [7, 11) is 0. The highest BCUT2D eigenvalue weighted by molar-refractivity contribution is 8.00. The summed E-state index contributed by atoms with van der Waals surface area (Å²) in [6.45, 7) is 0.346. The van der Waals surface area contributed by atoms with Crippen LogP contribution in [0.2, 0.25) is 0 Å². The number of rotatable bonds is 6. The average molecular weight is 435 g/mol. The number of para-hydroxylation sites is 1. The summed E-state index contributed by atoms with van der Waals surface area (Å²) in [6, 6.07) is 20.3. The van der Waals surface area contributed by atoms with E-state index >= 15 is 0 Å². The predicted octanol–water partition coefficient (Wildman–Crippen LogP) is 3.36. The monoisotopic (exact) mass is 434 g/mol. The highest BCUT2D eigenvalue weighted by atomic mass is 32.2. The zero-order chi connectivity index (χ0) is 21.5. The molecule has 1 aliphatic rings. The quantitative estimate of drug-likeness (QED) is 0.618. The molecule has 0 aliphatic carbocycles. The second kappa shape index (κ2) is 10.1. The number of ether oxygens (including phenoxy) is 1. The summed E-state index contributed by atoms with van der Waals surface area (Å²) in [5, 5.41) is 13.1. The van der Waals surface area contributed by atoms with Gasteiger partial charge < -0.3 is 15.4 Å². The van der Waals surface area contributed by atoms with Gasteiger partial charge in [-0.1, -0.05) is 30.3 Å². The van der Waals surface area contributed by atoms with E-state index in [1.807, 2.05) is 54.6 Å². The lowest BCUT2D eigenvalue weighted by atomic mass is 10.1. The van der Waals surface area contributed by atoms with Crippen molar-refractivity contribution >= 4 is 23.6 Å². The Morgan fingerprint density at radius 1 is 1.06 bits per heavy atom. The maximum atomic E-state index is 12.8. The van der Waals surface area contributed by atoms with E-state index in [-0.39, 0.29) is 28.8 Å². The molecule has 2 N–H and O–H groups in total. The fraction of sp³-hybridized carbons (Fsp3) is 0.217. The number of carbonyl (C=O) groups is 2. The van der Waals surface area contributed by atoms with Gasteiger partial charge in [0.1, 0.15) is 16.7 Å². The molecule has 31 heavy (non-hydrogen) atoms. The Morgan fingerprint density at radius 3 is 2.58 bits per heavy atom. The van der Waals surface area contributed by atoms with Crippen molar-refractivity contribution in [3.8, 4) is 11.5 Å². The van der Waals surface area contributed by atoms with Gasteiger partial charge in [0.05, 0.1) is 0 Å². The molecule has 1 saturated heterocycles. The molecule has 0 bridgehead atoms. The van der Waals surface area contributed by atoms with Crippen LogP contribution < -0.4 is 15.4 Å². The summed E-state index contributed by atoms with van der Waals surface area (Å²) < 4.78 is 5.82. The Bertz CT molecular complexity index is 1020. The van der Waals surface area contributed by atoms with Gasteiger partial charge >= 0.3 is 0 Å². The fourth-order valence-corrected chi connectivity index (χ4v) is 4.44. The van der Waals surface area contributed by atoms with Crippen molar-refractivity contribution in [1.29, 1.82) is 0 Å². The molecule has 158 valence electrons. The molecule has 7 nitrogen and oxygen atoms in total. The van der Waals surface area contributed by atoms with Crippen molar-refractivity contribution in [3.63, 3.8) is 0 Å². The molecule has 4 rings (SSSR count). The smallest absolute Gasteiger partial charge is 0.271 e. The Morgan fingerprint density at radius 2 is 1.84 bits per heavy atom. The number of thioether (sulfide) groups is 1. The molecule has 2 amide bonds. The molecule has 1 aromatic heterocycles. The maximum Gasteiger partial charge on any atom is 0.271 e. The Kier molecular flexibility index (Phi) is 6.78. The minimum atomic E-state index is -0.301. The normalized spacial score (nSPS) is 18.5. The first-order valence-corrected chi connectivity index (χ1v) is 11.0. The Hall–Kier alpha value is -3.39. The standard InChI is InChI=1S/C23H22N4O3S/c28-22(20-7-4-13-25-27-20)24-15-17-12-14-31-21(23(29)26-17)16-8-10-19(11-9-16)30-18-5-2-1-3-6-18/h1-11,13,17,21H,12,14-15H2,(H,24,28)(H,26,29)/t17-,21+/m0/s1. The van der Waals surface area contributed by atoms with Crippen LogP contribution in [0.15, 0.2) is 72.9 Å². The molecule has 1 fully saturated rings. The largest absolute Gasteiger partial charge is 0.457 e. The number of hydrogen-bond donors (Lipinski definition) is 2. The molecule has 3 aromatic rings. The fourth-order valence-electron chi connectivity index (χ4n) is 3.22. The van der Waals surface area contributed by atoms with Crippen molar-refractivity contribution < 1.29 is 14.3 Å². The van der Waals surface area contributed by atoms with Gasteiger partial charge in [0, 0.05) is 18.8 Å². The van der Waals surface area contributed by atoms with Crippen molar-refractivity contribution in [3.05, 3.63) is 84.2 Å². The molecular formula is C23H22N4O3S. The lowest BCUT2D eigenvalue weighted by Crippen LogP contribution is -2.44. The summed E-state index contributed by atoms with van der Waals surface area (Å²) in [5.74, 6) is 1.93. The van der Waals surface area contributed by atoms with E-state index < -0.39 is 0 Å². The summed E-state index contributed by atoms with van der Waals surface area (Å²) in [4.78, 5) is 25.0.